The molecule has 9 nitrogen and oxygen atoms in total. The molecule has 0 unspecified atom stereocenters. The first-order chi connectivity index (χ1) is 12.1. The monoisotopic (exact) mass is 338 g/mol. The molecule has 0 fully saturated rings. The number of pyridine rings is 2. The summed E-state index contributed by atoms with van der Waals surface area (Å²) < 4.78 is 11.2. The van der Waals surface area contributed by atoms with Crippen molar-refractivity contribution in [2.75, 3.05) is 12.8 Å². The van der Waals surface area contributed by atoms with Crippen LogP contribution < -0.4 is 5.73 Å². The van der Waals surface area contributed by atoms with Gasteiger partial charge in [-0.3, -0.25) is 0 Å². The summed E-state index contributed by atoms with van der Waals surface area (Å²) in [5, 5.41) is 7.53. The Kier molecular flexibility index (Phi) is 3.34. The van der Waals surface area contributed by atoms with Crippen LogP contribution in [0, 0.1) is 6.92 Å². The summed E-state index contributed by atoms with van der Waals surface area (Å²) in [6.07, 6.45) is 4.07. The van der Waals surface area contributed by atoms with E-state index in [2.05, 4.69) is 20.3 Å². The molecule has 0 amide bonds. The molecule has 0 aliphatic heterocycles. The Labute approximate surface area is 141 Å². The summed E-state index contributed by atoms with van der Waals surface area (Å²) in [5.74, 6) is -0.474. The zero-order valence-corrected chi connectivity index (χ0v) is 13.6. The van der Waals surface area contributed by atoms with Gasteiger partial charge in [0.1, 0.15) is 5.65 Å². The van der Waals surface area contributed by atoms with Crippen LogP contribution in [-0.4, -0.2) is 37.8 Å². The number of ether oxygens (including phenoxy) is 1. The quantitative estimate of drug-likeness (QED) is 0.558. The molecule has 9 heteroatoms. The van der Waals surface area contributed by atoms with Gasteiger partial charge in [0.25, 0.3) is 0 Å². The van der Waals surface area contributed by atoms with Crippen molar-refractivity contribution in [3.63, 3.8) is 0 Å². The Balaban J connectivity index is 1.74. The fourth-order valence-corrected chi connectivity index (χ4v) is 2.76. The molecule has 0 radical (unpaired) electrons. The van der Waals surface area contributed by atoms with Crippen molar-refractivity contribution >= 4 is 28.5 Å². The second-order valence-corrected chi connectivity index (χ2v) is 5.62. The fourth-order valence-electron chi connectivity index (χ4n) is 2.76. The number of anilines is 1. The highest BCUT2D eigenvalue weighted by Crippen LogP contribution is 2.25. The van der Waals surface area contributed by atoms with Gasteiger partial charge in [0, 0.05) is 30.1 Å². The number of fused-ring (bicyclic) bond motifs is 2. The summed E-state index contributed by atoms with van der Waals surface area (Å²) >= 11 is 0. The number of carbonyl (C=O) groups excluding carboxylic acids is 1. The van der Waals surface area contributed by atoms with Crippen LogP contribution in [0.15, 0.2) is 29.2 Å². The molecular formula is C16H14N6O3. The summed E-state index contributed by atoms with van der Waals surface area (Å²) in [6, 6.07) is 3.75. The number of methoxy groups -OCH3 is 1. The number of imidazole rings is 1. The van der Waals surface area contributed by atoms with Gasteiger partial charge in [-0.1, -0.05) is 6.07 Å². The molecule has 4 aromatic rings. The molecule has 126 valence electrons. The van der Waals surface area contributed by atoms with Crippen LogP contribution in [0.5, 0.6) is 0 Å². The van der Waals surface area contributed by atoms with Crippen LogP contribution in [-0.2, 0) is 11.2 Å². The van der Waals surface area contributed by atoms with Gasteiger partial charge in [-0.15, -0.1) is 0 Å². The highest BCUT2D eigenvalue weighted by molar-refractivity contribution is 5.88. The predicted octanol–water partition coefficient (Wildman–Crippen LogP) is 1.53. The average Bonchev–Trinajstić information content (AvgIpc) is 3.23. The number of nitrogen functional groups attached to an aromatic ring is 1. The van der Waals surface area contributed by atoms with Crippen LogP contribution >= 0.6 is 0 Å². The van der Waals surface area contributed by atoms with Gasteiger partial charge in [0.05, 0.1) is 12.8 Å². The van der Waals surface area contributed by atoms with E-state index < -0.39 is 5.97 Å². The van der Waals surface area contributed by atoms with Crippen LogP contribution in [0.1, 0.15) is 27.3 Å². The molecule has 25 heavy (non-hydrogen) atoms. The molecule has 0 aliphatic rings. The number of hydrogen-bond acceptors (Lipinski definition) is 8. The molecule has 0 spiro atoms. The van der Waals surface area contributed by atoms with Crippen molar-refractivity contribution in [1.82, 2.24) is 24.7 Å². The number of rotatable bonds is 3. The Hall–Kier alpha value is -3.49. The topological polar surface area (TPSA) is 121 Å². The minimum atomic E-state index is -0.474. The first-order valence-corrected chi connectivity index (χ1v) is 7.50. The molecular weight excluding hydrogens is 324 g/mol. The Bertz CT molecular complexity index is 1110. The smallest absolute Gasteiger partial charge is 0.358 e. The average molecular weight is 338 g/mol. The first kappa shape index (κ1) is 15.1. The molecule has 0 saturated carbocycles. The molecule has 0 saturated heterocycles. The number of aryl methyl sites for hydroxylation is 1. The van der Waals surface area contributed by atoms with Crippen molar-refractivity contribution < 1.29 is 14.2 Å². The zero-order valence-electron chi connectivity index (χ0n) is 13.6. The number of aromatic nitrogens is 5. The van der Waals surface area contributed by atoms with Crippen LogP contribution in [0.25, 0.3) is 16.8 Å². The van der Waals surface area contributed by atoms with E-state index in [1.807, 2.05) is 25.3 Å². The van der Waals surface area contributed by atoms with E-state index in [4.69, 9.17) is 15.1 Å². The first-order valence-electron chi connectivity index (χ1n) is 7.50. The summed E-state index contributed by atoms with van der Waals surface area (Å²) in [6.45, 7) is 1.87. The van der Waals surface area contributed by atoms with Crippen molar-refractivity contribution in [2.24, 2.45) is 0 Å². The van der Waals surface area contributed by atoms with Gasteiger partial charge < -0.3 is 14.9 Å². The van der Waals surface area contributed by atoms with E-state index in [0.717, 1.165) is 16.8 Å². The van der Waals surface area contributed by atoms with Crippen LogP contribution in [0.4, 0.5) is 5.69 Å². The van der Waals surface area contributed by atoms with E-state index in [1.165, 1.54) is 7.11 Å². The number of hydrogen-bond donors (Lipinski definition) is 1. The number of esters is 1. The third-order valence-corrected chi connectivity index (χ3v) is 4.05. The van der Waals surface area contributed by atoms with Crippen LogP contribution in [0.2, 0.25) is 0 Å². The normalized spacial score (nSPS) is 11.3. The molecule has 4 rings (SSSR count). The lowest BCUT2D eigenvalue weighted by Crippen LogP contribution is -2.03. The molecule has 0 aromatic carbocycles. The lowest BCUT2D eigenvalue weighted by molar-refractivity contribution is 0.0595. The second-order valence-electron chi connectivity index (χ2n) is 5.62. The van der Waals surface area contributed by atoms with E-state index in [9.17, 15) is 4.79 Å². The van der Waals surface area contributed by atoms with Gasteiger partial charge in [-0.2, -0.15) is 0 Å². The van der Waals surface area contributed by atoms with Gasteiger partial charge >= 0.3 is 5.97 Å². The number of nitrogens with two attached hydrogens (primary N) is 1. The maximum absolute atomic E-state index is 11.6. The van der Waals surface area contributed by atoms with Crippen LogP contribution in [0.3, 0.4) is 0 Å². The highest BCUT2D eigenvalue weighted by Gasteiger charge is 2.16. The Morgan fingerprint density at radius 3 is 2.92 bits per heavy atom. The summed E-state index contributed by atoms with van der Waals surface area (Å²) in [4.78, 5) is 20.2. The molecule has 2 N–H and O–H groups in total. The van der Waals surface area contributed by atoms with Gasteiger partial charge in [0.15, 0.2) is 11.2 Å². The fraction of sp³-hybridized carbons (Fsp3) is 0.188. The van der Waals surface area contributed by atoms with Crippen molar-refractivity contribution in [3.8, 4) is 0 Å². The molecule has 0 atom stereocenters. The minimum Gasteiger partial charge on any atom is -0.464 e. The lowest BCUT2D eigenvalue weighted by atomic mass is 10.0. The molecule has 4 aromatic heterocycles. The zero-order chi connectivity index (χ0) is 17.6. The molecule has 4 heterocycles. The highest BCUT2D eigenvalue weighted by atomic mass is 16.6. The number of carbonyl (C=O) groups is 1. The standard InChI is InChI=1S/C16H14N6O3/c1-8-10(13(17)14-15(18-8)21-25-20-14)5-9-3-4-12-19-11(16(23)24-2)7-22(12)6-9/h3-4,6-7H,5,17H2,1-2H3. The number of nitrogens with zero attached hydrogens (tertiary/aromatic N) is 5. The largest absolute Gasteiger partial charge is 0.464 e. The minimum absolute atomic E-state index is 0.257. The van der Waals surface area contributed by atoms with E-state index in [-0.39, 0.29) is 5.69 Å². The summed E-state index contributed by atoms with van der Waals surface area (Å²) in [5.41, 5.74) is 11.1. The Morgan fingerprint density at radius 1 is 1.28 bits per heavy atom. The van der Waals surface area contributed by atoms with E-state index >= 15 is 0 Å². The van der Waals surface area contributed by atoms with Crippen molar-refractivity contribution in [3.05, 3.63) is 47.0 Å². The molecule has 0 bridgehead atoms. The third kappa shape index (κ3) is 2.45. The maximum atomic E-state index is 11.6. The predicted molar refractivity (Wildman–Crippen MR) is 88.1 cm³/mol. The lowest BCUT2D eigenvalue weighted by Gasteiger charge is -2.09. The van der Waals surface area contributed by atoms with Crippen molar-refractivity contribution in [2.45, 2.75) is 13.3 Å². The third-order valence-electron chi connectivity index (χ3n) is 4.05. The second kappa shape index (κ2) is 5.55. The maximum Gasteiger partial charge on any atom is 0.358 e. The SMILES string of the molecule is COC(=O)c1cn2cc(Cc3c(C)nc4nonc4c3N)ccc2n1. The summed E-state index contributed by atoms with van der Waals surface area (Å²) in [7, 11) is 1.32. The van der Waals surface area contributed by atoms with Crippen molar-refractivity contribution in [1.29, 1.82) is 0 Å². The molecule has 0 aliphatic carbocycles. The van der Waals surface area contributed by atoms with E-state index in [0.29, 0.717) is 28.9 Å². The Morgan fingerprint density at radius 2 is 2.12 bits per heavy atom. The van der Waals surface area contributed by atoms with Gasteiger partial charge in [-0.05, 0) is 28.9 Å². The van der Waals surface area contributed by atoms with Gasteiger partial charge in [-0.25, -0.2) is 19.4 Å². The van der Waals surface area contributed by atoms with E-state index in [1.54, 1.807) is 10.6 Å². The van der Waals surface area contributed by atoms with Gasteiger partial charge in [0.2, 0.25) is 5.65 Å².